The van der Waals surface area contributed by atoms with E-state index in [2.05, 4.69) is 102 Å². The highest BCUT2D eigenvalue weighted by Gasteiger charge is 2.21. The van der Waals surface area contributed by atoms with E-state index in [1.54, 1.807) is 7.11 Å². The molecule has 0 aliphatic carbocycles. The summed E-state index contributed by atoms with van der Waals surface area (Å²) in [5.74, 6) is 0.890. The van der Waals surface area contributed by atoms with Crippen molar-refractivity contribution in [1.82, 2.24) is 4.57 Å². The fourth-order valence-electron chi connectivity index (χ4n) is 5.12. The summed E-state index contributed by atoms with van der Waals surface area (Å²) in [6, 6.07) is 34.7. The predicted octanol–water partition coefficient (Wildman–Crippen LogP) is 8.31. The van der Waals surface area contributed by atoms with Gasteiger partial charge in [-0.05, 0) is 41.8 Å². The van der Waals surface area contributed by atoms with Crippen LogP contribution in [-0.4, -0.2) is 11.7 Å². The van der Waals surface area contributed by atoms with Crippen molar-refractivity contribution in [2.75, 3.05) is 7.11 Å². The Morgan fingerprint density at radius 3 is 2.19 bits per heavy atom. The first-order chi connectivity index (χ1) is 15.8. The van der Waals surface area contributed by atoms with Crippen LogP contribution in [-0.2, 0) is 0 Å². The zero-order chi connectivity index (χ0) is 21.2. The number of methoxy groups -OCH3 is 1. The highest BCUT2D eigenvalue weighted by Crippen LogP contribution is 2.48. The van der Waals surface area contributed by atoms with E-state index >= 15 is 0 Å². The van der Waals surface area contributed by atoms with Crippen LogP contribution in [0, 0.1) is 0 Å². The van der Waals surface area contributed by atoms with Gasteiger partial charge in [-0.3, -0.25) is 0 Å². The number of para-hydroxylation sites is 2. The van der Waals surface area contributed by atoms with Gasteiger partial charge in [0.2, 0.25) is 0 Å². The fourth-order valence-corrected chi connectivity index (χ4v) is 6.35. The lowest BCUT2D eigenvalue weighted by Gasteiger charge is -2.10. The molecule has 0 saturated carbocycles. The van der Waals surface area contributed by atoms with Crippen LogP contribution in [0.4, 0.5) is 0 Å². The number of aromatic nitrogens is 1. The summed E-state index contributed by atoms with van der Waals surface area (Å²) in [5, 5.41) is 7.77. The molecule has 7 rings (SSSR count). The second kappa shape index (κ2) is 6.59. The maximum Gasteiger partial charge on any atom is 0.119 e. The molecule has 0 aliphatic rings. The van der Waals surface area contributed by atoms with E-state index < -0.39 is 0 Å². The first-order valence-electron chi connectivity index (χ1n) is 10.7. The van der Waals surface area contributed by atoms with Crippen LogP contribution in [0.5, 0.6) is 5.75 Å². The quantitative estimate of drug-likeness (QED) is 0.269. The molecule has 2 aromatic heterocycles. The summed E-state index contributed by atoms with van der Waals surface area (Å²) < 4.78 is 10.7. The molecule has 0 bridgehead atoms. The van der Waals surface area contributed by atoms with Crippen molar-refractivity contribution < 1.29 is 4.74 Å². The molecule has 0 unspecified atom stereocenters. The first-order valence-corrected chi connectivity index (χ1v) is 11.6. The Balaban J connectivity index is 1.87. The Bertz CT molecular complexity index is 1810. The second-order valence-electron chi connectivity index (χ2n) is 8.13. The van der Waals surface area contributed by atoms with Crippen LogP contribution in [0.15, 0.2) is 97.1 Å². The molecular weight excluding hydrogens is 410 g/mol. The van der Waals surface area contributed by atoms with Gasteiger partial charge in [-0.25, -0.2) is 0 Å². The molecule has 32 heavy (non-hydrogen) atoms. The van der Waals surface area contributed by atoms with Crippen molar-refractivity contribution in [3.63, 3.8) is 0 Å². The van der Waals surface area contributed by atoms with E-state index in [9.17, 15) is 0 Å². The Hall–Kier alpha value is -3.82. The van der Waals surface area contributed by atoms with Crippen molar-refractivity contribution >= 4 is 64.1 Å². The smallest absolute Gasteiger partial charge is 0.119 e. The third kappa shape index (κ3) is 2.29. The summed E-state index contributed by atoms with van der Waals surface area (Å²) in [4.78, 5) is 0. The average molecular weight is 430 g/mol. The van der Waals surface area contributed by atoms with E-state index in [1.165, 1.54) is 58.4 Å². The highest BCUT2D eigenvalue weighted by molar-refractivity contribution is 7.27. The topological polar surface area (TPSA) is 14.2 Å². The number of nitrogens with zero attached hydrogens (tertiary/aromatic N) is 1. The van der Waals surface area contributed by atoms with Crippen LogP contribution in [0.1, 0.15) is 0 Å². The zero-order valence-corrected chi connectivity index (χ0v) is 18.3. The van der Waals surface area contributed by atoms with E-state index in [4.69, 9.17) is 4.74 Å². The van der Waals surface area contributed by atoms with Gasteiger partial charge in [0.05, 0.1) is 18.1 Å². The normalized spacial score (nSPS) is 11.9. The molecule has 7 aromatic rings. The van der Waals surface area contributed by atoms with Gasteiger partial charge in [-0.1, -0.05) is 60.7 Å². The van der Waals surface area contributed by atoms with E-state index in [0.29, 0.717) is 0 Å². The molecule has 0 fully saturated rings. The number of benzene rings is 5. The molecule has 152 valence electrons. The van der Waals surface area contributed by atoms with Gasteiger partial charge in [0.25, 0.3) is 0 Å². The minimum Gasteiger partial charge on any atom is -0.497 e. The minimum atomic E-state index is 0.890. The van der Waals surface area contributed by atoms with Gasteiger partial charge in [0.15, 0.2) is 0 Å². The van der Waals surface area contributed by atoms with Gasteiger partial charge in [-0.2, -0.15) is 0 Å². The lowest BCUT2D eigenvalue weighted by Crippen LogP contribution is -1.93. The molecule has 5 aromatic carbocycles. The Morgan fingerprint density at radius 2 is 1.38 bits per heavy atom. The average Bonchev–Trinajstić information content (AvgIpc) is 3.40. The lowest BCUT2D eigenvalue weighted by atomic mass is 9.99. The van der Waals surface area contributed by atoms with Crippen molar-refractivity contribution in [3.05, 3.63) is 97.1 Å². The Labute approximate surface area is 188 Å². The molecule has 0 saturated heterocycles. The van der Waals surface area contributed by atoms with E-state index in [-0.39, 0.29) is 0 Å². The highest BCUT2D eigenvalue weighted by atomic mass is 32.1. The molecule has 0 radical (unpaired) electrons. The molecule has 0 aliphatic heterocycles. The Morgan fingerprint density at radius 1 is 0.656 bits per heavy atom. The Kier molecular flexibility index (Phi) is 3.67. The van der Waals surface area contributed by atoms with Crippen LogP contribution in [0.25, 0.3) is 58.4 Å². The summed E-state index contributed by atoms with van der Waals surface area (Å²) >= 11 is 1.87. The van der Waals surface area contributed by atoms with Crippen molar-refractivity contribution in [2.24, 2.45) is 0 Å². The van der Waals surface area contributed by atoms with Crippen molar-refractivity contribution in [1.29, 1.82) is 0 Å². The molecule has 2 heterocycles. The first kappa shape index (κ1) is 17.8. The third-order valence-corrected chi connectivity index (χ3v) is 7.67. The van der Waals surface area contributed by atoms with Crippen LogP contribution in [0.2, 0.25) is 0 Å². The second-order valence-corrected chi connectivity index (χ2v) is 9.18. The monoisotopic (exact) mass is 429 g/mol. The number of hydrogen-bond acceptors (Lipinski definition) is 2. The summed E-state index contributed by atoms with van der Waals surface area (Å²) in [6.07, 6.45) is 0. The largest absolute Gasteiger partial charge is 0.497 e. The van der Waals surface area contributed by atoms with Gasteiger partial charge >= 0.3 is 0 Å². The molecule has 0 atom stereocenters. The van der Waals surface area contributed by atoms with Crippen molar-refractivity contribution in [2.45, 2.75) is 0 Å². The summed E-state index contributed by atoms with van der Waals surface area (Å²) in [5.41, 5.74) is 3.68. The molecule has 0 amide bonds. The fraction of sp³-hybridized carbons (Fsp3) is 0.0345. The molecule has 3 heteroatoms. The standard InChI is InChI=1S/C29H19NOS/c1-31-19-15-16-25-23(17-19)27-28-26(20-11-5-6-12-21(20)29(27)32-25)22-13-7-8-14-24(22)30(28)18-9-3-2-4-10-18/h2-17H,1H3. The molecular formula is C29H19NOS. The van der Waals surface area contributed by atoms with Crippen molar-refractivity contribution in [3.8, 4) is 11.4 Å². The number of hydrogen-bond donors (Lipinski definition) is 0. The SMILES string of the molecule is COc1ccc2sc3c4ccccc4c4c5ccccc5n(-c5ccccc5)c4c3c2c1. The van der Waals surface area contributed by atoms with Gasteiger partial charge < -0.3 is 9.30 Å². The predicted molar refractivity (Wildman–Crippen MR) is 138 cm³/mol. The third-order valence-electron chi connectivity index (χ3n) is 6.46. The van der Waals surface area contributed by atoms with E-state index in [0.717, 1.165) is 5.75 Å². The van der Waals surface area contributed by atoms with Crippen LogP contribution < -0.4 is 4.74 Å². The maximum atomic E-state index is 5.61. The lowest BCUT2D eigenvalue weighted by molar-refractivity contribution is 0.415. The summed E-state index contributed by atoms with van der Waals surface area (Å²) in [6.45, 7) is 0. The van der Waals surface area contributed by atoms with Gasteiger partial charge in [-0.15, -0.1) is 11.3 Å². The molecule has 0 N–H and O–H groups in total. The number of thiophene rings is 1. The molecule has 2 nitrogen and oxygen atoms in total. The summed E-state index contributed by atoms with van der Waals surface area (Å²) in [7, 11) is 1.74. The minimum absolute atomic E-state index is 0.890. The van der Waals surface area contributed by atoms with E-state index in [1.807, 2.05) is 11.3 Å². The number of ether oxygens (including phenoxy) is 1. The van der Waals surface area contributed by atoms with Crippen LogP contribution in [0.3, 0.4) is 0 Å². The molecule has 0 spiro atoms. The maximum absolute atomic E-state index is 5.61. The number of rotatable bonds is 2. The zero-order valence-electron chi connectivity index (χ0n) is 17.5. The van der Waals surface area contributed by atoms with Crippen LogP contribution >= 0.6 is 11.3 Å². The van der Waals surface area contributed by atoms with Gasteiger partial charge in [0, 0.05) is 42.0 Å². The van der Waals surface area contributed by atoms with Gasteiger partial charge in [0.1, 0.15) is 5.75 Å². The number of fused-ring (bicyclic) bond motifs is 10.